The molecule has 0 fully saturated rings. The first-order valence-electron chi connectivity index (χ1n) is 9.97. The van der Waals surface area contributed by atoms with E-state index in [9.17, 15) is 14.4 Å². The first-order valence-corrected chi connectivity index (χ1v) is 9.97. The van der Waals surface area contributed by atoms with Crippen molar-refractivity contribution in [3.05, 3.63) is 59.5 Å². The van der Waals surface area contributed by atoms with Crippen molar-refractivity contribution in [2.75, 3.05) is 20.6 Å². The van der Waals surface area contributed by atoms with E-state index in [0.717, 1.165) is 21.7 Å². The number of carbonyl (C=O) groups is 3. The van der Waals surface area contributed by atoms with Crippen LogP contribution in [0.1, 0.15) is 44.4 Å². The number of carbonyl (C=O) groups excluding carboxylic acids is 3. The van der Waals surface area contributed by atoms with Crippen LogP contribution in [-0.2, 0) is 0 Å². The van der Waals surface area contributed by atoms with Crippen LogP contribution in [0.5, 0.6) is 0 Å². The van der Waals surface area contributed by atoms with Gasteiger partial charge < -0.3 is 4.90 Å². The highest BCUT2D eigenvalue weighted by Crippen LogP contribution is 2.40. The van der Waals surface area contributed by atoms with E-state index in [1.165, 1.54) is 6.92 Å². The molecule has 0 bridgehead atoms. The van der Waals surface area contributed by atoms with Crippen LogP contribution in [0.15, 0.2) is 42.9 Å². The number of hydrogen-bond donors (Lipinski definition) is 0. The van der Waals surface area contributed by atoms with Crippen molar-refractivity contribution in [3.8, 4) is 0 Å². The van der Waals surface area contributed by atoms with E-state index in [2.05, 4.69) is 4.98 Å². The maximum atomic E-state index is 13.6. The van der Waals surface area contributed by atoms with Gasteiger partial charge in [0.05, 0.1) is 34.4 Å². The molecule has 1 aliphatic rings. The standard InChI is InChI=1S/C24H21N3O3.ClH/c1-13(28)17-10-19-20(15-7-5-4-6-14(15)17)21-22-18(11-25-12-27(19)22)23(29)16(24(21)30)8-9-26(2)3;/h4-7,10-12,16H,8-9H2,1-3H3;1H. The summed E-state index contributed by atoms with van der Waals surface area (Å²) in [5, 5.41) is 2.45. The Balaban J connectivity index is 0.00000231. The quantitative estimate of drug-likeness (QED) is 0.354. The molecule has 158 valence electrons. The smallest absolute Gasteiger partial charge is 0.177 e. The number of benzene rings is 2. The number of rotatable bonds is 4. The number of halogens is 1. The maximum absolute atomic E-state index is 13.6. The molecule has 0 spiro atoms. The van der Waals surface area contributed by atoms with Crippen molar-refractivity contribution in [2.24, 2.45) is 5.92 Å². The average Bonchev–Trinajstić information content (AvgIpc) is 3.06. The van der Waals surface area contributed by atoms with E-state index in [1.54, 1.807) is 16.9 Å². The van der Waals surface area contributed by atoms with Gasteiger partial charge in [0, 0.05) is 17.1 Å². The molecule has 0 radical (unpaired) electrons. The number of hydrogen-bond acceptors (Lipinski definition) is 5. The molecule has 0 amide bonds. The Labute approximate surface area is 185 Å². The van der Waals surface area contributed by atoms with Gasteiger partial charge in [-0.25, -0.2) is 4.98 Å². The fraction of sp³-hybridized carbons (Fsp3) is 0.250. The SMILES string of the molecule is CC(=O)c1cc2c(c3c4c(cncn42)C(=O)C(CCN(C)C)C3=O)c2ccccc12.Cl. The molecule has 7 heteroatoms. The second-order valence-electron chi connectivity index (χ2n) is 8.19. The largest absolute Gasteiger partial charge is 0.309 e. The second kappa shape index (κ2) is 7.55. The molecule has 6 nitrogen and oxygen atoms in total. The zero-order valence-corrected chi connectivity index (χ0v) is 18.3. The number of Topliss-reactive ketones (excluding diaryl/α,β-unsaturated/α-hetero) is 3. The van der Waals surface area contributed by atoms with Gasteiger partial charge in [-0.15, -0.1) is 12.4 Å². The molecule has 0 aliphatic heterocycles. The van der Waals surface area contributed by atoms with Crippen LogP contribution >= 0.6 is 12.4 Å². The summed E-state index contributed by atoms with van der Waals surface area (Å²) >= 11 is 0. The summed E-state index contributed by atoms with van der Waals surface area (Å²) < 4.78 is 1.79. The molecule has 2 aromatic heterocycles. The third-order valence-corrected chi connectivity index (χ3v) is 6.04. The molecule has 0 saturated carbocycles. The molecule has 31 heavy (non-hydrogen) atoms. The van der Waals surface area contributed by atoms with E-state index >= 15 is 0 Å². The third-order valence-electron chi connectivity index (χ3n) is 6.04. The van der Waals surface area contributed by atoms with Crippen LogP contribution in [0.3, 0.4) is 0 Å². The minimum atomic E-state index is -0.718. The van der Waals surface area contributed by atoms with Crippen LogP contribution in [0.2, 0.25) is 0 Å². The van der Waals surface area contributed by atoms with E-state index in [1.807, 2.05) is 49.3 Å². The van der Waals surface area contributed by atoms with Crippen molar-refractivity contribution < 1.29 is 14.4 Å². The Bertz CT molecular complexity index is 1400. The average molecular weight is 436 g/mol. The summed E-state index contributed by atoms with van der Waals surface area (Å²) in [6, 6.07) is 9.45. The predicted octanol–water partition coefficient (Wildman–Crippen LogP) is 4.21. The topological polar surface area (TPSA) is 71.8 Å². The summed E-state index contributed by atoms with van der Waals surface area (Å²) in [6.07, 6.45) is 3.63. The number of aromatic nitrogens is 2. The van der Waals surface area contributed by atoms with Crippen LogP contribution in [-0.4, -0.2) is 52.3 Å². The molecule has 0 saturated heterocycles. The van der Waals surface area contributed by atoms with E-state index in [4.69, 9.17) is 0 Å². The Kier molecular flexibility index (Phi) is 5.15. The summed E-state index contributed by atoms with van der Waals surface area (Å²) in [4.78, 5) is 45.4. The van der Waals surface area contributed by atoms with Crippen molar-refractivity contribution >= 4 is 56.9 Å². The van der Waals surface area contributed by atoms with Gasteiger partial charge in [-0.2, -0.15) is 0 Å². The summed E-state index contributed by atoms with van der Waals surface area (Å²) in [6.45, 7) is 2.18. The fourth-order valence-electron chi connectivity index (χ4n) is 4.63. The number of fused-ring (bicyclic) bond motifs is 5. The lowest BCUT2D eigenvalue weighted by Gasteiger charge is -2.22. The Hall–Kier alpha value is -3.09. The number of nitrogens with zero attached hydrogens (tertiary/aromatic N) is 3. The molecule has 4 aromatic rings. The molecule has 1 aliphatic carbocycles. The van der Waals surface area contributed by atoms with Crippen molar-refractivity contribution in [1.82, 2.24) is 14.3 Å². The lowest BCUT2D eigenvalue weighted by Crippen LogP contribution is -2.32. The minimum absolute atomic E-state index is 0. The van der Waals surface area contributed by atoms with Gasteiger partial charge in [0.25, 0.3) is 0 Å². The van der Waals surface area contributed by atoms with Gasteiger partial charge in [0.2, 0.25) is 0 Å². The molecule has 2 aromatic carbocycles. The second-order valence-corrected chi connectivity index (χ2v) is 8.19. The van der Waals surface area contributed by atoms with Crippen molar-refractivity contribution in [3.63, 3.8) is 0 Å². The molecule has 0 N–H and O–H groups in total. The van der Waals surface area contributed by atoms with Crippen molar-refractivity contribution in [1.29, 1.82) is 0 Å². The van der Waals surface area contributed by atoms with Crippen LogP contribution in [0.4, 0.5) is 0 Å². The predicted molar refractivity (Wildman–Crippen MR) is 123 cm³/mol. The zero-order valence-electron chi connectivity index (χ0n) is 17.5. The van der Waals surface area contributed by atoms with Crippen LogP contribution < -0.4 is 0 Å². The van der Waals surface area contributed by atoms with Gasteiger partial charge in [-0.3, -0.25) is 18.8 Å². The van der Waals surface area contributed by atoms with Gasteiger partial charge in [0.1, 0.15) is 0 Å². The van der Waals surface area contributed by atoms with Gasteiger partial charge >= 0.3 is 0 Å². The first-order chi connectivity index (χ1) is 14.4. The highest BCUT2D eigenvalue weighted by atomic mass is 35.5. The Morgan fingerprint density at radius 1 is 1.13 bits per heavy atom. The normalized spacial score (nSPS) is 15.8. The Morgan fingerprint density at radius 3 is 2.52 bits per heavy atom. The van der Waals surface area contributed by atoms with Gasteiger partial charge in [0.15, 0.2) is 17.3 Å². The first kappa shape index (κ1) is 21.2. The van der Waals surface area contributed by atoms with E-state index in [-0.39, 0.29) is 29.8 Å². The lowest BCUT2D eigenvalue weighted by molar-refractivity contribution is 0.0788. The van der Waals surface area contributed by atoms with Gasteiger partial charge in [-0.1, -0.05) is 24.3 Å². The molecule has 5 rings (SSSR count). The van der Waals surface area contributed by atoms with Crippen LogP contribution in [0, 0.1) is 5.92 Å². The highest BCUT2D eigenvalue weighted by molar-refractivity contribution is 6.34. The molecule has 2 heterocycles. The Morgan fingerprint density at radius 2 is 1.84 bits per heavy atom. The lowest BCUT2D eigenvalue weighted by atomic mass is 9.81. The monoisotopic (exact) mass is 435 g/mol. The van der Waals surface area contributed by atoms with E-state index < -0.39 is 5.92 Å². The molecule has 1 atom stereocenters. The van der Waals surface area contributed by atoms with Crippen LogP contribution in [0.25, 0.3) is 27.2 Å². The summed E-state index contributed by atoms with van der Waals surface area (Å²) in [7, 11) is 3.85. The number of ketones is 3. The molecule has 1 unspecified atom stereocenters. The maximum Gasteiger partial charge on any atom is 0.177 e. The van der Waals surface area contributed by atoms with Crippen molar-refractivity contribution in [2.45, 2.75) is 13.3 Å². The minimum Gasteiger partial charge on any atom is -0.309 e. The molecular weight excluding hydrogens is 414 g/mol. The van der Waals surface area contributed by atoms with E-state index in [0.29, 0.717) is 35.2 Å². The summed E-state index contributed by atoms with van der Waals surface area (Å²) in [5.74, 6) is -1.08. The molecular formula is C24H22ClN3O3. The fourth-order valence-corrected chi connectivity index (χ4v) is 4.63. The third kappa shape index (κ3) is 2.98. The van der Waals surface area contributed by atoms with Gasteiger partial charge in [-0.05, 0) is 50.8 Å². The zero-order chi connectivity index (χ0) is 21.2. The highest BCUT2D eigenvalue weighted by Gasteiger charge is 2.39. The summed E-state index contributed by atoms with van der Waals surface area (Å²) in [5.41, 5.74) is 2.96.